The second-order valence-electron chi connectivity index (χ2n) is 4.52. The number of carboxylic acid groups (broad SMARTS) is 1. The Morgan fingerprint density at radius 1 is 1.42 bits per heavy atom. The number of nitrogen functional groups attached to an aromatic ring is 1. The van der Waals surface area contributed by atoms with Crippen molar-refractivity contribution < 1.29 is 9.90 Å². The Morgan fingerprint density at radius 3 is 2.53 bits per heavy atom. The largest absolute Gasteiger partial charge is 0.478 e. The Morgan fingerprint density at radius 2 is 2.05 bits per heavy atom. The maximum atomic E-state index is 11.0. The highest BCUT2D eigenvalue weighted by Gasteiger charge is 2.25. The first-order valence-electron chi connectivity index (χ1n) is 6.40. The van der Waals surface area contributed by atoms with Gasteiger partial charge in [0.05, 0.1) is 16.9 Å². The van der Waals surface area contributed by atoms with Crippen LogP contribution in [0.1, 0.15) is 37.0 Å². The van der Waals surface area contributed by atoms with E-state index in [0.29, 0.717) is 11.4 Å². The molecular weight excluding hydrogens is 260 g/mol. The summed E-state index contributed by atoms with van der Waals surface area (Å²) in [5, 5.41) is 12.3. The van der Waals surface area contributed by atoms with E-state index < -0.39 is 5.97 Å². The third-order valence-corrected chi connectivity index (χ3v) is 5.25. The van der Waals surface area contributed by atoms with Gasteiger partial charge in [0, 0.05) is 11.3 Å². The van der Waals surface area contributed by atoms with Crippen LogP contribution in [-0.4, -0.2) is 28.6 Å². The summed E-state index contributed by atoms with van der Waals surface area (Å²) in [6.45, 7) is 5.10. The molecule has 0 fully saturated rings. The number of anilines is 2. The van der Waals surface area contributed by atoms with E-state index in [1.54, 1.807) is 6.07 Å². The van der Waals surface area contributed by atoms with Crippen LogP contribution in [-0.2, 0) is 0 Å². The van der Waals surface area contributed by atoms with E-state index in [-0.39, 0.29) is 10.3 Å². The van der Waals surface area contributed by atoms with Crippen LogP contribution in [0.2, 0.25) is 0 Å². The van der Waals surface area contributed by atoms with E-state index in [1.165, 1.54) is 6.07 Å². The summed E-state index contributed by atoms with van der Waals surface area (Å²) < 4.78 is 0.158. The van der Waals surface area contributed by atoms with Crippen molar-refractivity contribution in [3.8, 4) is 0 Å². The van der Waals surface area contributed by atoms with Gasteiger partial charge < -0.3 is 16.2 Å². The second-order valence-corrected chi connectivity index (χ2v) is 5.79. The fourth-order valence-corrected chi connectivity index (χ4v) is 2.82. The van der Waals surface area contributed by atoms with Gasteiger partial charge in [0.25, 0.3) is 0 Å². The lowest BCUT2D eigenvalue weighted by Gasteiger charge is -2.30. The highest BCUT2D eigenvalue weighted by molar-refractivity contribution is 8.00. The van der Waals surface area contributed by atoms with Crippen molar-refractivity contribution in [2.75, 3.05) is 23.9 Å². The zero-order valence-corrected chi connectivity index (χ0v) is 12.5. The Balaban J connectivity index is 2.89. The predicted molar refractivity (Wildman–Crippen MR) is 83.1 cm³/mol. The molecule has 0 aromatic heterocycles. The molecule has 0 aliphatic carbocycles. The molecule has 0 aliphatic heterocycles. The molecule has 0 saturated carbocycles. The van der Waals surface area contributed by atoms with Crippen LogP contribution in [0.15, 0.2) is 18.2 Å². The molecule has 1 aromatic rings. The zero-order chi connectivity index (χ0) is 14.5. The molecule has 0 saturated heterocycles. The molecule has 0 heterocycles. The second kappa shape index (κ2) is 6.70. The smallest absolute Gasteiger partial charge is 0.337 e. The number of hydrogen-bond donors (Lipinski definition) is 3. The van der Waals surface area contributed by atoms with Crippen LogP contribution in [0.3, 0.4) is 0 Å². The SMILES string of the molecule is CCC(CC)(CNc1cccc(C(=O)O)c1N)SC. The Kier molecular flexibility index (Phi) is 5.54. The highest BCUT2D eigenvalue weighted by atomic mass is 32.2. The highest BCUT2D eigenvalue weighted by Crippen LogP contribution is 2.32. The Bertz CT molecular complexity index is 437. The van der Waals surface area contributed by atoms with E-state index in [1.807, 2.05) is 17.8 Å². The lowest BCUT2D eigenvalue weighted by molar-refractivity contribution is 0.0698. The number of carboxylic acids is 1. The molecule has 4 N–H and O–H groups in total. The summed E-state index contributed by atoms with van der Waals surface area (Å²) in [5.74, 6) is -0.997. The predicted octanol–water partition coefficient (Wildman–Crippen LogP) is 3.30. The van der Waals surface area contributed by atoms with E-state index in [4.69, 9.17) is 10.8 Å². The van der Waals surface area contributed by atoms with Crippen molar-refractivity contribution in [3.05, 3.63) is 23.8 Å². The number of hydrogen-bond acceptors (Lipinski definition) is 4. The third kappa shape index (κ3) is 3.56. The summed E-state index contributed by atoms with van der Waals surface area (Å²) in [7, 11) is 0. The van der Waals surface area contributed by atoms with Gasteiger partial charge in [-0.15, -0.1) is 0 Å². The summed E-state index contributed by atoms with van der Waals surface area (Å²) in [4.78, 5) is 11.0. The number of benzene rings is 1. The molecule has 1 rings (SSSR count). The molecular formula is C14H22N2O2S. The topological polar surface area (TPSA) is 75.3 Å². The summed E-state index contributed by atoms with van der Waals surface area (Å²) in [6.07, 6.45) is 4.21. The van der Waals surface area contributed by atoms with Crippen molar-refractivity contribution in [1.82, 2.24) is 0 Å². The Labute approximate surface area is 118 Å². The lowest BCUT2D eigenvalue weighted by Crippen LogP contribution is -2.32. The molecule has 0 aliphatic rings. The Hall–Kier alpha value is -1.36. The molecule has 0 bridgehead atoms. The molecule has 0 unspecified atom stereocenters. The molecule has 0 spiro atoms. The number of nitrogens with two attached hydrogens (primary N) is 1. The van der Waals surface area contributed by atoms with Crippen LogP contribution < -0.4 is 11.1 Å². The summed E-state index contributed by atoms with van der Waals surface area (Å²) >= 11 is 1.83. The van der Waals surface area contributed by atoms with E-state index in [0.717, 1.165) is 19.4 Å². The van der Waals surface area contributed by atoms with Gasteiger partial charge in [0.2, 0.25) is 0 Å². The minimum atomic E-state index is -0.997. The van der Waals surface area contributed by atoms with Crippen molar-refractivity contribution in [1.29, 1.82) is 0 Å². The number of para-hydroxylation sites is 1. The van der Waals surface area contributed by atoms with Gasteiger partial charge >= 0.3 is 5.97 Å². The van der Waals surface area contributed by atoms with E-state index in [2.05, 4.69) is 25.4 Å². The van der Waals surface area contributed by atoms with Crippen LogP contribution in [0.25, 0.3) is 0 Å². The number of thioether (sulfide) groups is 1. The van der Waals surface area contributed by atoms with Crippen LogP contribution >= 0.6 is 11.8 Å². The van der Waals surface area contributed by atoms with Gasteiger partial charge in [-0.25, -0.2) is 4.79 Å². The normalized spacial score (nSPS) is 11.3. The molecule has 0 radical (unpaired) electrons. The lowest BCUT2D eigenvalue weighted by atomic mass is 10.0. The fraction of sp³-hybridized carbons (Fsp3) is 0.500. The minimum absolute atomic E-state index is 0.146. The van der Waals surface area contributed by atoms with Gasteiger partial charge in [-0.1, -0.05) is 19.9 Å². The van der Waals surface area contributed by atoms with Crippen LogP contribution in [0.5, 0.6) is 0 Å². The van der Waals surface area contributed by atoms with Gasteiger partial charge in [0.15, 0.2) is 0 Å². The van der Waals surface area contributed by atoms with Gasteiger partial charge in [-0.05, 0) is 31.2 Å². The third-order valence-electron chi connectivity index (χ3n) is 3.66. The molecule has 106 valence electrons. The maximum Gasteiger partial charge on any atom is 0.337 e. The first-order chi connectivity index (χ1) is 8.99. The minimum Gasteiger partial charge on any atom is -0.478 e. The summed E-state index contributed by atoms with van der Waals surface area (Å²) in [6, 6.07) is 5.04. The molecule has 0 atom stereocenters. The van der Waals surface area contributed by atoms with Crippen LogP contribution in [0, 0.1) is 0 Å². The van der Waals surface area contributed by atoms with Crippen molar-refractivity contribution >= 4 is 29.1 Å². The monoisotopic (exact) mass is 282 g/mol. The van der Waals surface area contributed by atoms with E-state index in [9.17, 15) is 4.79 Å². The zero-order valence-electron chi connectivity index (χ0n) is 11.7. The van der Waals surface area contributed by atoms with Crippen molar-refractivity contribution in [2.45, 2.75) is 31.4 Å². The summed E-state index contributed by atoms with van der Waals surface area (Å²) in [5.41, 5.74) is 7.03. The molecule has 5 heteroatoms. The number of carbonyl (C=O) groups is 1. The standard InChI is InChI=1S/C14H22N2O2S/c1-4-14(5-2,19-3)9-16-11-8-6-7-10(12(11)15)13(17)18/h6-8,16H,4-5,9,15H2,1-3H3,(H,17,18). The average Bonchev–Trinajstić information content (AvgIpc) is 2.42. The van der Waals surface area contributed by atoms with Crippen LogP contribution in [0.4, 0.5) is 11.4 Å². The number of aromatic carboxylic acids is 1. The van der Waals surface area contributed by atoms with Crippen molar-refractivity contribution in [3.63, 3.8) is 0 Å². The number of nitrogens with one attached hydrogen (secondary N) is 1. The first-order valence-corrected chi connectivity index (χ1v) is 7.63. The quantitative estimate of drug-likeness (QED) is 0.669. The number of rotatable bonds is 7. The maximum absolute atomic E-state index is 11.0. The van der Waals surface area contributed by atoms with Gasteiger partial charge in [-0.2, -0.15) is 11.8 Å². The fourth-order valence-electron chi connectivity index (χ4n) is 2.02. The molecule has 4 nitrogen and oxygen atoms in total. The molecule has 0 amide bonds. The first kappa shape index (κ1) is 15.7. The van der Waals surface area contributed by atoms with Crippen molar-refractivity contribution in [2.24, 2.45) is 0 Å². The van der Waals surface area contributed by atoms with Gasteiger partial charge in [-0.3, -0.25) is 0 Å². The average molecular weight is 282 g/mol. The van der Waals surface area contributed by atoms with Gasteiger partial charge in [0.1, 0.15) is 0 Å². The molecule has 19 heavy (non-hydrogen) atoms. The van der Waals surface area contributed by atoms with E-state index >= 15 is 0 Å². The molecule has 1 aromatic carbocycles.